The normalized spacial score (nSPS) is 18.2. The maximum absolute atomic E-state index is 12.6. The van der Waals surface area contributed by atoms with Gasteiger partial charge in [0.25, 0.3) is 10.0 Å². The van der Waals surface area contributed by atoms with Crippen LogP contribution in [0.1, 0.15) is 23.4 Å². The summed E-state index contributed by atoms with van der Waals surface area (Å²) in [5, 5.41) is 5.79. The Morgan fingerprint density at radius 3 is 2.74 bits per heavy atom. The molecule has 0 aliphatic carbocycles. The average molecular weight is 355 g/mol. The summed E-state index contributed by atoms with van der Waals surface area (Å²) in [5.74, 6) is 0.842. The minimum Gasteiger partial charge on any atom is -0.361 e. The van der Waals surface area contributed by atoms with E-state index in [0.29, 0.717) is 23.8 Å². The van der Waals surface area contributed by atoms with E-state index in [1.54, 1.807) is 21.8 Å². The molecule has 0 N–H and O–H groups in total. The highest BCUT2D eigenvalue weighted by Gasteiger charge is 2.28. The van der Waals surface area contributed by atoms with Gasteiger partial charge in [0.15, 0.2) is 0 Å². The van der Waals surface area contributed by atoms with Crippen LogP contribution in [0.5, 0.6) is 0 Å². The topological polar surface area (TPSA) is 66.7 Å². The molecular weight excluding hydrogens is 334 g/mol. The molecule has 8 heteroatoms. The molecule has 0 amide bonds. The third-order valence-electron chi connectivity index (χ3n) is 4.20. The molecule has 0 saturated carbocycles. The molecule has 0 radical (unpaired) electrons. The zero-order valence-electron chi connectivity index (χ0n) is 13.4. The van der Waals surface area contributed by atoms with Gasteiger partial charge in [-0.2, -0.15) is 4.31 Å². The van der Waals surface area contributed by atoms with Crippen LogP contribution in [0.2, 0.25) is 0 Å². The van der Waals surface area contributed by atoms with Crippen LogP contribution in [0.4, 0.5) is 0 Å². The number of thiophene rings is 1. The zero-order chi connectivity index (χ0) is 16.4. The summed E-state index contributed by atoms with van der Waals surface area (Å²) in [7, 11) is -3.35. The SMILES string of the molecule is Cc1noc(C)c1CN1CCCN(S(=O)(=O)c2cccs2)CC1. The lowest BCUT2D eigenvalue weighted by Crippen LogP contribution is -2.34. The van der Waals surface area contributed by atoms with Gasteiger partial charge >= 0.3 is 0 Å². The Hall–Kier alpha value is -1.22. The molecule has 0 bridgehead atoms. The van der Waals surface area contributed by atoms with E-state index in [1.807, 2.05) is 13.8 Å². The quantitative estimate of drug-likeness (QED) is 0.841. The second kappa shape index (κ2) is 6.72. The minimum absolute atomic E-state index is 0.427. The van der Waals surface area contributed by atoms with Crippen LogP contribution in [0.25, 0.3) is 0 Å². The highest BCUT2D eigenvalue weighted by atomic mass is 32.2. The lowest BCUT2D eigenvalue weighted by molar-refractivity contribution is 0.276. The molecule has 0 aromatic carbocycles. The second-order valence-electron chi connectivity index (χ2n) is 5.77. The molecule has 1 fully saturated rings. The van der Waals surface area contributed by atoms with Crippen LogP contribution < -0.4 is 0 Å². The van der Waals surface area contributed by atoms with Gasteiger partial charge in [-0.15, -0.1) is 11.3 Å². The molecule has 3 rings (SSSR count). The van der Waals surface area contributed by atoms with Gasteiger partial charge in [-0.3, -0.25) is 4.90 Å². The van der Waals surface area contributed by atoms with E-state index >= 15 is 0 Å². The smallest absolute Gasteiger partial charge is 0.252 e. The Morgan fingerprint density at radius 2 is 2.09 bits per heavy atom. The fourth-order valence-corrected chi connectivity index (χ4v) is 5.45. The van der Waals surface area contributed by atoms with Crippen molar-refractivity contribution in [2.75, 3.05) is 26.2 Å². The number of aromatic nitrogens is 1. The van der Waals surface area contributed by atoms with Crippen LogP contribution in [-0.4, -0.2) is 49.0 Å². The Bertz CT molecular complexity index is 734. The van der Waals surface area contributed by atoms with Gasteiger partial charge in [-0.1, -0.05) is 11.2 Å². The third-order valence-corrected chi connectivity index (χ3v) is 7.47. The average Bonchev–Trinajstić information content (AvgIpc) is 3.08. The number of rotatable bonds is 4. The first-order valence-electron chi connectivity index (χ1n) is 7.66. The predicted molar refractivity (Wildman–Crippen MR) is 88.9 cm³/mol. The molecule has 1 aliphatic heterocycles. The van der Waals surface area contributed by atoms with Crippen LogP contribution in [-0.2, 0) is 16.6 Å². The van der Waals surface area contributed by atoms with Crippen molar-refractivity contribution >= 4 is 21.4 Å². The minimum atomic E-state index is -3.35. The van der Waals surface area contributed by atoms with Crippen molar-refractivity contribution < 1.29 is 12.9 Å². The Morgan fingerprint density at radius 1 is 1.26 bits per heavy atom. The summed E-state index contributed by atoms with van der Waals surface area (Å²) < 4.78 is 32.5. The Labute approximate surface area is 140 Å². The summed E-state index contributed by atoms with van der Waals surface area (Å²) in [4.78, 5) is 2.27. The van der Waals surface area contributed by atoms with Crippen LogP contribution >= 0.6 is 11.3 Å². The van der Waals surface area contributed by atoms with Crippen molar-refractivity contribution in [1.82, 2.24) is 14.4 Å². The molecule has 0 atom stereocenters. The van der Waals surface area contributed by atoms with Crippen molar-refractivity contribution in [3.05, 3.63) is 34.5 Å². The Balaban J connectivity index is 1.68. The lowest BCUT2D eigenvalue weighted by atomic mass is 10.2. The molecule has 23 heavy (non-hydrogen) atoms. The highest BCUT2D eigenvalue weighted by Crippen LogP contribution is 2.23. The van der Waals surface area contributed by atoms with E-state index in [-0.39, 0.29) is 0 Å². The van der Waals surface area contributed by atoms with Crippen molar-refractivity contribution in [2.24, 2.45) is 0 Å². The summed E-state index contributed by atoms with van der Waals surface area (Å²) in [5.41, 5.74) is 2.02. The fourth-order valence-electron chi connectivity index (χ4n) is 2.83. The van der Waals surface area contributed by atoms with Crippen molar-refractivity contribution in [1.29, 1.82) is 0 Å². The van der Waals surface area contributed by atoms with Gasteiger partial charge in [0.1, 0.15) is 9.97 Å². The van der Waals surface area contributed by atoms with Crippen LogP contribution in [0.3, 0.4) is 0 Å². The largest absolute Gasteiger partial charge is 0.361 e. The summed E-state index contributed by atoms with van der Waals surface area (Å²) in [6.45, 7) is 7.29. The molecule has 3 heterocycles. The number of hydrogen-bond acceptors (Lipinski definition) is 6. The molecule has 2 aromatic rings. The maximum Gasteiger partial charge on any atom is 0.252 e. The van der Waals surface area contributed by atoms with E-state index in [1.165, 1.54) is 11.3 Å². The first kappa shape index (κ1) is 16.6. The zero-order valence-corrected chi connectivity index (χ0v) is 15.0. The summed E-state index contributed by atoms with van der Waals surface area (Å²) in [6.07, 6.45) is 0.827. The van der Waals surface area contributed by atoms with Crippen molar-refractivity contribution in [3.8, 4) is 0 Å². The molecule has 126 valence electrons. The van der Waals surface area contributed by atoms with E-state index < -0.39 is 10.0 Å². The fraction of sp³-hybridized carbons (Fsp3) is 0.533. The second-order valence-corrected chi connectivity index (χ2v) is 8.88. The van der Waals surface area contributed by atoms with Crippen molar-refractivity contribution in [2.45, 2.75) is 31.0 Å². The molecule has 6 nitrogen and oxygen atoms in total. The molecule has 0 unspecified atom stereocenters. The van der Waals surface area contributed by atoms with Gasteiger partial charge in [0.2, 0.25) is 0 Å². The number of aryl methyl sites for hydroxylation is 2. The maximum atomic E-state index is 12.6. The van der Waals surface area contributed by atoms with Gasteiger partial charge in [-0.25, -0.2) is 8.42 Å². The highest BCUT2D eigenvalue weighted by molar-refractivity contribution is 7.91. The predicted octanol–water partition coefficient (Wildman–Crippen LogP) is 2.25. The van der Waals surface area contributed by atoms with Gasteiger partial charge < -0.3 is 4.52 Å². The van der Waals surface area contributed by atoms with Crippen LogP contribution in [0.15, 0.2) is 26.2 Å². The first-order chi connectivity index (χ1) is 11.0. The first-order valence-corrected chi connectivity index (χ1v) is 9.98. The molecule has 1 saturated heterocycles. The van der Waals surface area contributed by atoms with Gasteiger partial charge in [-0.05, 0) is 38.3 Å². The summed E-state index contributed by atoms with van der Waals surface area (Å²) >= 11 is 1.27. The molecule has 2 aromatic heterocycles. The van der Waals surface area contributed by atoms with Crippen molar-refractivity contribution in [3.63, 3.8) is 0 Å². The van der Waals surface area contributed by atoms with E-state index in [0.717, 1.165) is 36.5 Å². The molecule has 1 aliphatic rings. The van der Waals surface area contributed by atoms with E-state index in [9.17, 15) is 8.42 Å². The number of nitrogens with zero attached hydrogens (tertiary/aromatic N) is 3. The van der Waals surface area contributed by atoms with E-state index in [2.05, 4.69) is 10.1 Å². The molecule has 0 spiro atoms. The Kier molecular flexibility index (Phi) is 4.86. The number of hydrogen-bond donors (Lipinski definition) is 0. The van der Waals surface area contributed by atoms with Gasteiger partial charge in [0, 0.05) is 31.7 Å². The monoisotopic (exact) mass is 355 g/mol. The van der Waals surface area contributed by atoms with Gasteiger partial charge in [0.05, 0.1) is 5.69 Å². The number of sulfonamides is 1. The molecular formula is C15H21N3O3S2. The summed E-state index contributed by atoms with van der Waals surface area (Å²) in [6, 6.07) is 3.45. The lowest BCUT2D eigenvalue weighted by Gasteiger charge is -2.21. The van der Waals surface area contributed by atoms with E-state index in [4.69, 9.17) is 4.52 Å². The standard InChI is InChI=1S/C15H21N3O3S2/c1-12-14(13(2)21-16-12)11-17-6-4-7-18(9-8-17)23(19,20)15-5-3-10-22-15/h3,5,10H,4,6-9,11H2,1-2H3. The third kappa shape index (κ3) is 3.50. The van der Waals surface area contributed by atoms with Crippen LogP contribution in [0, 0.1) is 13.8 Å².